The van der Waals surface area contributed by atoms with Crippen LogP contribution in [0.25, 0.3) is 0 Å². The number of carbonyl (C=O) groups is 1. The molecule has 1 aromatic rings. The number of esters is 1. The quantitative estimate of drug-likeness (QED) is 0.632. The highest BCUT2D eigenvalue weighted by Crippen LogP contribution is 2.23. The fourth-order valence-electron chi connectivity index (χ4n) is 1.28. The van der Waals surface area contributed by atoms with Crippen molar-refractivity contribution in [2.75, 3.05) is 6.61 Å². The lowest BCUT2D eigenvalue weighted by Crippen LogP contribution is -2.15. The third-order valence-electron chi connectivity index (χ3n) is 2.23. The molecule has 0 aromatic heterocycles. The lowest BCUT2D eigenvalue weighted by molar-refractivity contribution is -0.140. The molecule has 0 aliphatic heterocycles. The van der Waals surface area contributed by atoms with E-state index in [1.54, 1.807) is 6.07 Å². The van der Waals surface area contributed by atoms with Crippen molar-refractivity contribution < 1.29 is 19.0 Å². The number of benzene rings is 1. The van der Waals surface area contributed by atoms with Crippen LogP contribution in [-0.2, 0) is 9.53 Å². The summed E-state index contributed by atoms with van der Waals surface area (Å²) in [7, 11) is 0. The molecule has 0 radical (unpaired) electrons. The molecular formula is C13H15FO3. The van der Waals surface area contributed by atoms with E-state index in [0.29, 0.717) is 6.42 Å². The monoisotopic (exact) mass is 238 g/mol. The molecule has 1 aromatic carbocycles. The summed E-state index contributed by atoms with van der Waals surface area (Å²) in [5, 5.41) is 9.80. The summed E-state index contributed by atoms with van der Waals surface area (Å²) in [4.78, 5) is 11.4. The van der Waals surface area contributed by atoms with E-state index >= 15 is 0 Å². The van der Waals surface area contributed by atoms with Crippen LogP contribution in [0.2, 0.25) is 0 Å². The summed E-state index contributed by atoms with van der Waals surface area (Å²) >= 11 is 0. The Morgan fingerprint density at radius 2 is 2.18 bits per heavy atom. The zero-order chi connectivity index (χ0) is 12.8. The van der Waals surface area contributed by atoms with Crippen LogP contribution in [0.5, 0.6) is 0 Å². The molecule has 1 rings (SSSR count). The van der Waals surface area contributed by atoms with Crippen molar-refractivity contribution in [3.63, 3.8) is 0 Å². The molecule has 0 aliphatic carbocycles. The van der Waals surface area contributed by atoms with Crippen LogP contribution in [0.1, 0.15) is 25.0 Å². The van der Waals surface area contributed by atoms with Gasteiger partial charge in [-0.05, 0) is 12.5 Å². The molecule has 92 valence electrons. The topological polar surface area (TPSA) is 46.5 Å². The minimum Gasteiger partial charge on any atom is -0.462 e. The lowest BCUT2D eigenvalue weighted by Gasteiger charge is -2.13. The van der Waals surface area contributed by atoms with Gasteiger partial charge in [0.15, 0.2) is 0 Å². The van der Waals surface area contributed by atoms with E-state index in [-0.39, 0.29) is 17.7 Å². The SMILES string of the molecule is C=C(C(=O)OCCC)C(O)c1ccccc1F. The van der Waals surface area contributed by atoms with Crippen LogP contribution in [0.3, 0.4) is 0 Å². The van der Waals surface area contributed by atoms with E-state index in [2.05, 4.69) is 6.58 Å². The van der Waals surface area contributed by atoms with E-state index in [1.165, 1.54) is 18.2 Å². The van der Waals surface area contributed by atoms with Gasteiger partial charge in [0, 0.05) is 5.56 Å². The zero-order valence-corrected chi connectivity index (χ0v) is 9.65. The molecule has 0 bridgehead atoms. The smallest absolute Gasteiger partial charge is 0.336 e. The van der Waals surface area contributed by atoms with E-state index in [0.717, 1.165) is 0 Å². The van der Waals surface area contributed by atoms with E-state index in [4.69, 9.17) is 4.74 Å². The van der Waals surface area contributed by atoms with Crippen molar-refractivity contribution in [3.05, 3.63) is 47.8 Å². The number of carbonyl (C=O) groups excluding carboxylic acids is 1. The van der Waals surface area contributed by atoms with Gasteiger partial charge in [-0.15, -0.1) is 0 Å². The maximum absolute atomic E-state index is 13.4. The maximum Gasteiger partial charge on any atom is 0.336 e. The fourth-order valence-corrected chi connectivity index (χ4v) is 1.28. The average molecular weight is 238 g/mol. The van der Waals surface area contributed by atoms with Crippen LogP contribution in [0.4, 0.5) is 4.39 Å². The highest BCUT2D eigenvalue weighted by molar-refractivity contribution is 5.89. The van der Waals surface area contributed by atoms with E-state index < -0.39 is 17.9 Å². The Morgan fingerprint density at radius 1 is 1.53 bits per heavy atom. The fraction of sp³-hybridized carbons (Fsp3) is 0.308. The molecule has 1 atom stereocenters. The molecule has 0 spiro atoms. The summed E-state index contributed by atoms with van der Waals surface area (Å²) in [6, 6.07) is 5.69. The Hall–Kier alpha value is -1.68. The Labute approximate surface area is 99.5 Å². The van der Waals surface area contributed by atoms with Gasteiger partial charge in [-0.25, -0.2) is 9.18 Å². The molecule has 4 heteroatoms. The van der Waals surface area contributed by atoms with Crippen molar-refractivity contribution in [1.29, 1.82) is 0 Å². The minimum atomic E-state index is -1.37. The molecule has 1 N–H and O–H groups in total. The molecule has 0 amide bonds. The van der Waals surface area contributed by atoms with Crippen molar-refractivity contribution in [1.82, 2.24) is 0 Å². The lowest BCUT2D eigenvalue weighted by atomic mass is 10.0. The first-order valence-corrected chi connectivity index (χ1v) is 5.36. The standard InChI is InChI=1S/C13H15FO3/c1-3-8-17-13(16)9(2)12(15)10-6-4-5-7-11(10)14/h4-7,12,15H,2-3,8H2,1H3. The van der Waals surface area contributed by atoms with E-state index in [9.17, 15) is 14.3 Å². The second-order valence-corrected chi connectivity index (χ2v) is 3.59. The van der Waals surface area contributed by atoms with Crippen molar-refractivity contribution >= 4 is 5.97 Å². The van der Waals surface area contributed by atoms with Gasteiger partial charge < -0.3 is 9.84 Å². The maximum atomic E-state index is 13.4. The molecule has 0 heterocycles. The second kappa shape index (κ2) is 6.15. The number of halogens is 1. The minimum absolute atomic E-state index is 0.0194. The number of aliphatic hydroxyl groups is 1. The van der Waals surface area contributed by atoms with Crippen LogP contribution in [0, 0.1) is 5.82 Å². The van der Waals surface area contributed by atoms with Crippen LogP contribution >= 0.6 is 0 Å². The molecule has 0 saturated heterocycles. The molecule has 0 aliphatic rings. The Balaban J connectivity index is 2.76. The number of ether oxygens (including phenoxy) is 1. The first kappa shape index (κ1) is 13.4. The third kappa shape index (κ3) is 3.39. The van der Waals surface area contributed by atoms with Crippen LogP contribution in [-0.4, -0.2) is 17.7 Å². The van der Waals surface area contributed by atoms with Gasteiger partial charge in [0.05, 0.1) is 12.2 Å². The van der Waals surface area contributed by atoms with Gasteiger partial charge in [0.2, 0.25) is 0 Å². The van der Waals surface area contributed by atoms with Crippen LogP contribution in [0.15, 0.2) is 36.4 Å². The van der Waals surface area contributed by atoms with Crippen molar-refractivity contribution in [3.8, 4) is 0 Å². The first-order chi connectivity index (χ1) is 8.07. The summed E-state index contributed by atoms with van der Waals surface area (Å²) in [6.07, 6.45) is -0.699. The first-order valence-electron chi connectivity index (χ1n) is 5.36. The van der Waals surface area contributed by atoms with Crippen LogP contribution < -0.4 is 0 Å². The zero-order valence-electron chi connectivity index (χ0n) is 9.65. The molecule has 0 fully saturated rings. The summed E-state index contributed by atoms with van der Waals surface area (Å²) in [5.41, 5.74) is -0.144. The molecule has 0 saturated carbocycles. The number of rotatable bonds is 5. The Morgan fingerprint density at radius 3 is 2.76 bits per heavy atom. The Bertz CT molecular complexity index is 415. The molecular weight excluding hydrogens is 223 g/mol. The molecule has 17 heavy (non-hydrogen) atoms. The Kier molecular flexibility index (Phi) is 4.84. The van der Waals surface area contributed by atoms with Gasteiger partial charge >= 0.3 is 5.97 Å². The number of aliphatic hydroxyl groups excluding tert-OH is 1. The predicted octanol–water partition coefficient (Wildman–Crippen LogP) is 2.37. The van der Waals surface area contributed by atoms with Gasteiger partial charge in [-0.1, -0.05) is 31.7 Å². The van der Waals surface area contributed by atoms with E-state index in [1.807, 2.05) is 6.92 Å². The predicted molar refractivity (Wildman–Crippen MR) is 61.7 cm³/mol. The third-order valence-corrected chi connectivity index (χ3v) is 2.23. The second-order valence-electron chi connectivity index (χ2n) is 3.59. The summed E-state index contributed by atoms with van der Waals surface area (Å²) in [6.45, 7) is 5.54. The van der Waals surface area contributed by atoms with Gasteiger partial charge in [0.25, 0.3) is 0 Å². The average Bonchev–Trinajstić information content (AvgIpc) is 2.34. The highest BCUT2D eigenvalue weighted by atomic mass is 19.1. The summed E-state index contributed by atoms with van der Waals surface area (Å²) < 4.78 is 18.2. The van der Waals surface area contributed by atoms with Gasteiger partial charge in [0.1, 0.15) is 11.9 Å². The van der Waals surface area contributed by atoms with Crippen molar-refractivity contribution in [2.45, 2.75) is 19.4 Å². The number of hydrogen-bond acceptors (Lipinski definition) is 3. The highest BCUT2D eigenvalue weighted by Gasteiger charge is 2.21. The van der Waals surface area contributed by atoms with Gasteiger partial charge in [-0.2, -0.15) is 0 Å². The summed E-state index contributed by atoms with van der Waals surface area (Å²) in [5.74, 6) is -1.29. The number of hydrogen-bond donors (Lipinski definition) is 1. The molecule has 1 unspecified atom stereocenters. The molecule has 3 nitrogen and oxygen atoms in total. The van der Waals surface area contributed by atoms with Crippen molar-refractivity contribution in [2.24, 2.45) is 0 Å². The van der Waals surface area contributed by atoms with Gasteiger partial charge in [-0.3, -0.25) is 0 Å². The largest absolute Gasteiger partial charge is 0.462 e. The normalized spacial score (nSPS) is 11.9.